The highest BCUT2D eigenvalue weighted by molar-refractivity contribution is 7.80. The van der Waals surface area contributed by atoms with Crippen molar-refractivity contribution in [3.8, 4) is 0 Å². The van der Waals surface area contributed by atoms with E-state index in [1.165, 1.54) is 30.3 Å². The number of nitrogens with zero attached hydrogens (tertiary/aromatic N) is 3. The Hall–Kier alpha value is -3.64. The minimum absolute atomic E-state index is 0.0682. The van der Waals surface area contributed by atoms with Gasteiger partial charge in [0, 0.05) is 31.3 Å². The van der Waals surface area contributed by atoms with Crippen LogP contribution < -0.4 is 15.5 Å². The molecule has 0 bridgehead atoms. The molecule has 1 fully saturated rings. The second kappa shape index (κ2) is 9.45. The molecule has 2 aromatic carbocycles. The summed E-state index contributed by atoms with van der Waals surface area (Å²) in [6.07, 6.45) is 0. The summed E-state index contributed by atoms with van der Waals surface area (Å²) in [5.41, 5.74) is 0.956. The number of amides is 1. The third kappa shape index (κ3) is 5.29. The maximum Gasteiger partial charge on any atom is 0.292 e. The number of benzene rings is 2. The van der Waals surface area contributed by atoms with Crippen LogP contribution in [0.4, 0.5) is 22.7 Å². The van der Waals surface area contributed by atoms with Crippen LogP contribution in [0.3, 0.4) is 0 Å². The first kappa shape index (κ1) is 22.1. The lowest BCUT2D eigenvalue weighted by molar-refractivity contribution is -0.384. The topological polar surface area (TPSA) is 140 Å². The van der Waals surface area contributed by atoms with E-state index in [2.05, 4.69) is 10.6 Å². The summed E-state index contributed by atoms with van der Waals surface area (Å²) >= 11 is 5.14. The molecule has 1 heterocycles. The van der Waals surface area contributed by atoms with Gasteiger partial charge in [0.25, 0.3) is 17.3 Å². The lowest BCUT2D eigenvalue weighted by Gasteiger charge is -2.30. The first-order valence-corrected chi connectivity index (χ1v) is 9.65. The highest BCUT2D eigenvalue weighted by Gasteiger charge is 2.23. The number of anilines is 2. The number of rotatable bonds is 5. The number of nitro benzene ring substituents is 2. The predicted octanol–water partition coefficient (Wildman–Crippen LogP) is 2.77. The van der Waals surface area contributed by atoms with E-state index in [-0.39, 0.29) is 27.7 Å². The minimum Gasteiger partial charge on any atom is -0.378 e. The number of aryl methyl sites for hydroxylation is 1. The number of carbonyl (C=O) groups is 1. The molecule has 0 spiro atoms. The van der Waals surface area contributed by atoms with E-state index in [1.54, 1.807) is 13.0 Å². The smallest absolute Gasteiger partial charge is 0.292 e. The highest BCUT2D eigenvalue weighted by Crippen LogP contribution is 2.27. The summed E-state index contributed by atoms with van der Waals surface area (Å²) in [7, 11) is 0. The number of ether oxygens (including phenoxy) is 1. The molecule has 0 aliphatic carbocycles. The van der Waals surface area contributed by atoms with Gasteiger partial charge in [-0.25, -0.2) is 0 Å². The zero-order valence-corrected chi connectivity index (χ0v) is 17.3. The Morgan fingerprint density at radius 3 is 2.45 bits per heavy atom. The van der Waals surface area contributed by atoms with Gasteiger partial charge in [0.05, 0.1) is 34.3 Å². The number of thiocarbonyl (C=S) groups is 1. The summed E-state index contributed by atoms with van der Waals surface area (Å²) in [6, 6.07) is 8.55. The van der Waals surface area contributed by atoms with Gasteiger partial charge in [0.2, 0.25) is 0 Å². The largest absolute Gasteiger partial charge is 0.378 e. The molecule has 162 valence electrons. The summed E-state index contributed by atoms with van der Waals surface area (Å²) in [6.45, 7) is 3.70. The Labute approximate surface area is 182 Å². The third-order valence-electron chi connectivity index (χ3n) is 4.61. The molecular formula is C19H19N5O6S. The number of non-ortho nitro benzene ring substituents is 1. The maximum atomic E-state index is 12.9. The van der Waals surface area contributed by atoms with Crippen molar-refractivity contribution in [2.45, 2.75) is 6.92 Å². The quantitative estimate of drug-likeness (QED) is 0.404. The molecule has 0 saturated carbocycles. The highest BCUT2D eigenvalue weighted by atomic mass is 32.1. The number of nitro groups is 2. The van der Waals surface area contributed by atoms with Crippen molar-refractivity contribution in [2.75, 3.05) is 36.5 Å². The van der Waals surface area contributed by atoms with E-state index in [4.69, 9.17) is 17.0 Å². The fourth-order valence-corrected chi connectivity index (χ4v) is 3.32. The van der Waals surface area contributed by atoms with Gasteiger partial charge in [-0.2, -0.15) is 0 Å². The van der Waals surface area contributed by atoms with Crippen molar-refractivity contribution in [1.82, 2.24) is 5.32 Å². The monoisotopic (exact) mass is 445 g/mol. The van der Waals surface area contributed by atoms with Crippen LogP contribution in [0.15, 0.2) is 36.4 Å². The van der Waals surface area contributed by atoms with E-state index < -0.39 is 15.8 Å². The molecule has 2 aromatic rings. The van der Waals surface area contributed by atoms with Crippen LogP contribution >= 0.6 is 12.2 Å². The Morgan fingerprint density at radius 2 is 1.81 bits per heavy atom. The van der Waals surface area contributed by atoms with Gasteiger partial charge in [0.15, 0.2) is 5.11 Å². The second-order valence-corrected chi connectivity index (χ2v) is 7.15. The third-order valence-corrected chi connectivity index (χ3v) is 4.82. The molecule has 1 aliphatic heterocycles. The average molecular weight is 445 g/mol. The minimum atomic E-state index is -0.669. The average Bonchev–Trinajstić information content (AvgIpc) is 2.74. The molecule has 31 heavy (non-hydrogen) atoms. The molecule has 2 N–H and O–H groups in total. The van der Waals surface area contributed by atoms with Crippen LogP contribution in [-0.2, 0) is 4.74 Å². The van der Waals surface area contributed by atoms with Crippen molar-refractivity contribution >= 4 is 46.0 Å². The molecule has 12 heteroatoms. The van der Waals surface area contributed by atoms with Gasteiger partial charge < -0.3 is 15.0 Å². The molecule has 1 saturated heterocycles. The Bertz CT molecular complexity index is 1050. The van der Waals surface area contributed by atoms with Crippen LogP contribution in [0.5, 0.6) is 0 Å². The van der Waals surface area contributed by atoms with E-state index in [9.17, 15) is 25.0 Å². The first-order valence-electron chi connectivity index (χ1n) is 9.25. The Morgan fingerprint density at radius 1 is 1.10 bits per heavy atom. The normalized spacial score (nSPS) is 13.4. The molecule has 0 atom stereocenters. The fourth-order valence-electron chi connectivity index (χ4n) is 3.12. The standard InChI is InChI=1S/C19H19N5O6S/c1-12-2-4-15(17(10-12)24(28)29)20-19(31)21-18(25)14-11-13(23(26)27)3-5-16(14)22-6-8-30-9-7-22/h2-5,10-11H,6-9H2,1H3,(H2,20,21,25,31). The van der Waals surface area contributed by atoms with Crippen LogP contribution in [-0.4, -0.2) is 47.2 Å². The van der Waals surface area contributed by atoms with E-state index in [0.29, 0.717) is 37.6 Å². The summed E-state index contributed by atoms with van der Waals surface area (Å²) < 4.78 is 5.32. The van der Waals surface area contributed by atoms with Crippen molar-refractivity contribution < 1.29 is 19.4 Å². The number of carbonyl (C=O) groups excluding carboxylic acids is 1. The van der Waals surface area contributed by atoms with E-state index in [1.807, 2.05) is 4.90 Å². The van der Waals surface area contributed by atoms with E-state index >= 15 is 0 Å². The predicted molar refractivity (Wildman–Crippen MR) is 118 cm³/mol. The number of nitrogens with one attached hydrogen (secondary N) is 2. The second-order valence-electron chi connectivity index (χ2n) is 6.74. The zero-order chi connectivity index (χ0) is 22.5. The number of hydrogen-bond donors (Lipinski definition) is 2. The lowest BCUT2D eigenvalue weighted by atomic mass is 10.1. The zero-order valence-electron chi connectivity index (χ0n) is 16.5. The molecule has 0 unspecified atom stereocenters. The summed E-state index contributed by atoms with van der Waals surface area (Å²) in [4.78, 5) is 36.1. The molecule has 0 aromatic heterocycles. The van der Waals surface area contributed by atoms with Gasteiger partial charge in [-0.1, -0.05) is 6.07 Å². The Balaban J connectivity index is 1.83. The van der Waals surface area contributed by atoms with Gasteiger partial charge in [0.1, 0.15) is 5.69 Å². The van der Waals surface area contributed by atoms with Crippen LogP contribution in [0, 0.1) is 27.2 Å². The fraction of sp³-hybridized carbons (Fsp3) is 0.263. The summed E-state index contributed by atoms with van der Waals surface area (Å²) in [5, 5.41) is 27.4. The maximum absolute atomic E-state index is 12.9. The molecule has 1 amide bonds. The molecule has 11 nitrogen and oxygen atoms in total. The molecule has 0 radical (unpaired) electrons. The van der Waals surface area contributed by atoms with Crippen molar-refractivity contribution in [3.05, 3.63) is 67.8 Å². The number of hydrogen-bond acceptors (Lipinski definition) is 8. The first-order chi connectivity index (χ1) is 14.8. The van der Waals surface area contributed by atoms with Gasteiger partial charge in [-0.05, 0) is 36.8 Å². The summed E-state index contributed by atoms with van der Waals surface area (Å²) in [5.74, 6) is -0.669. The van der Waals surface area contributed by atoms with Gasteiger partial charge in [-0.3, -0.25) is 30.3 Å². The molecular weight excluding hydrogens is 426 g/mol. The van der Waals surface area contributed by atoms with Crippen LogP contribution in [0.25, 0.3) is 0 Å². The van der Waals surface area contributed by atoms with Crippen molar-refractivity contribution in [3.63, 3.8) is 0 Å². The van der Waals surface area contributed by atoms with Crippen LogP contribution in [0.2, 0.25) is 0 Å². The van der Waals surface area contributed by atoms with Crippen molar-refractivity contribution in [1.29, 1.82) is 0 Å². The number of morpholine rings is 1. The van der Waals surface area contributed by atoms with E-state index in [0.717, 1.165) is 0 Å². The van der Waals surface area contributed by atoms with Crippen molar-refractivity contribution in [2.24, 2.45) is 0 Å². The van der Waals surface area contributed by atoms with Gasteiger partial charge >= 0.3 is 0 Å². The SMILES string of the molecule is Cc1ccc(NC(=S)NC(=O)c2cc([N+](=O)[O-])ccc2N2CCOCC2)c([N+](=O)[O-])c1. The Kier molecular flexibility index (Phi) is 6.72. The van der Waals surface area contributed by atoms with Gasteiger partial charge in [-0.15, -0.1) is 0 Å². The molecule has 3 rings (SSSR count). The molecule has 1 aliphatic rings. The van der Waals surface area contributed by atoms with Crippen LogP contribution in [0.1, 0.15) is 15.9 Å². The lowest BCUT2D eigenvalue weighted by Crippen LogP contribution is -2.39.